The molecule has 0 amide bonds. The molecule has 1 aliphatic rings. The van der Waals surface area contributed by atoms with E-state index in [1.165, 1.54) is 32.1 Å². The molecule has 1 aromatic rings. The highest BCUT2D eigenvalue weighted by Gasteiger charge is 2.15. The molecule has 0 bridgehead atoms. The molecule has 0 spiro atoms. The first-order chi connectivity index (χ1) is 10.2. The van der Waals surface area contributed by atoms with Gasteiger partial charge in [0.1, 0.15) is 0 Å². The van der Waals surface area contributed by atoms with Crippen LogP contribution >= 0.6 is 0 Å². The summed E-state index contributed by atoms with van der Waals surface area (Å²) < 4.78 is 5.08. The maximum atomic E-state index is 11.9. The summed E-state index contributed by atoms with van der Waals surface area (Å²) in [7, 11) is 0. The van der Waals surface area contributed by atoms with Gasteiger partial charge in [-0.15, -0.1) is 0 Å². The first-order valence-electron chi connectivity index (χ1n) is 8.01. The van der Waals surface area contributed by atoms with E-state index in [4.69, 9.17) is 10.5 Å². The summed E-state index contributed by atoms with van der Waals surface area (Å²) in [5, 5.41) is 3.35. The van der Waals surface area contributed by atoms with E-state index >= 15 is 0 Å². The smallest absolute Gasteiger partial charge is 0.340 e. The summed E-state index contributed by atoms with van der Waals surface area (Å²) in [5.74, 6) is 0.589. The maximum absolute atomic E-state index is 11.9. The fraction of sp³-hybridized carbons (Fsp3) is 0.588. The van der Waals surface area contributed by atoms with Crippen LogP contribution in [0.3, 0.4) is 0 Å². The molecule has 21 heavy (non-hydrogen) atoms. The van der Waals surface area contributed by atoms with Gasteiger partial charge < -0.3 is 15.8 Å². The maximum Gasteiger partial charge on any atom is 0.340 e. The molecule has 0 radical (unpaired) electrons. The van der Waals surface area contributed by atoms with Crippen molar-refractivity contribution in [1.82, 2.24) is 0 Å². The molecular weight excluding hydrogens is 264 g/mol. The molecule has 3 N–H and O–H groups in total. The Morgan fingerprint density at radius 1 is 1.38 bits per heavy atom. The Balaban J connectivity index is 1.87. The number of nitrogen functional groups attached to an aromatic ring is 1. The highest BCUT2D eigenvalue weighted by molar-refractivity contribution is 5.96. The van der Waals surface area contributed by atoms with Gasteiger partial charge >= 0.3 is 5.97 Å². The number of anilines is 2. The summed E-state index contributed by atoms with van der Waals surface area (Å²) in [4.78, 5) is 11.9. The lowest BCUT2D eigenvalue weighted by atomic mass is 10.0. The van der Waals surface area contributed by atoms with E-state index in [1.807, 2.05) is 12.1 Å². The average Bonchev–Trinajstić information content (AvgIpc) is 2.98. The SMILES string of the molecule is CCOC(=O)c1cc(N)ccc1NCCCC1CCCC1. The van der Waals surface area contributed by atoms with E-state index in [0.717, 1.165) is 24.6 Å². The van der Waals surface area contributed by atoms with E-state index in [0.29, 0.717) is 17.9 Å². The predicted octanol–water partition coefficient (Wildman–Crippen LogP) is 3.83. The van der Waals surface area contributed by atoms with Gasteiger partial charge in [-0.3, -0.25) is 0 Å². The largest absolute Gasteiger partial charge is 0.462 e. The van der Waals surface area contributed by atoms with Crippen molar-refractivity contribution in [2.75, 3.05) is 24.2 Å². The van der Waals surface area contributed by atoms with Crippen LogP contribution in [0.2, 0.25) is 0 Å². The highest BCUT2D eigenvalue weighted by atomic mass is 16.5. The Hall–Kier alpha value is -1.71. The van der Waals surface area contributed by atoms with Gasteiger partial charge in [0.05, 0.1) is 12.2 Å². The lowest BCUT2D eigenvalue weighted by Gasteiger charge is -2.13. The molecule has 116 valence electrons. The fourth-order valence-corrected chi connectivity index (χ4v) is 3.01. The summed E-state index contributed by atoms with van der Waals surface area (Å²) >= 11 is 0. The number of nitrogens with two attached hydrogens (primary N) is 1. The molecule has 0 heterocycles. The molecule has 0 aromatic heterocycles. The van der Waals surface area contributed by atoms with Gasteiger partial charge in [0.15, 0.2) is 0 Å². The molecule has 0 saturated heterocycles. The zero-order valence-electron chi connectivity index (χ0n) is 12.9. The number of carbonyl (C=O) groups is 1. The van der Waals surface area contributed by atoms with Crippen molar-refractivity contribution in [3.8, 4) is 0 Å². The molecule has 1 aliphatic carbocycles. The van der Waals surface area contributed by atoms with E-state index in [9.17, 15) is 4.79 Å². The number of hydrogen-bond acceptors (Lipinski definition) is 4. The van der Waals surface area contributed by atoms with Crippen molar-refractivity contribution in [2.45, 2.75) is 45.4 Å². The van der Waals surface area contributed by atoms with Gasteiger partial charge in [0.25, 0.3) is 0 Å². The van der Waals surface area contributed by atoms with E-state index in [2.05, 4.69) is 5.32 Å². The zero-order chi connectivity index (χ0) is 15.1. The third-order valence-electron chi connectivity index (χ3n) is 4.12. The van der Waals surface area contributed by atoms with Crippen LogP contribution in [0.4, 0.5) is 11.4 Å². The van der Waals surface area contributed by atoms with Gasteiger partial charge in [-0.25, -0.2) is 4.79 Å². The first-order valence-corrected chi connectivity index (χ1v) is 8.01. The summed E-state index contributed by atoms with van der Waals surface area (Å²) in [5.41, 5.74) is 7.68. The van der Waals surface area contributed by atoms with Crippen molar-refractivity contribution in [3.05, 3.63) is 23.8 Å². The second-order valence-corrected chi connectivity index (χ2v) is 5.74. The second kappa shape index (κ2) is 7.91. The van der Waals surface area contributed by atoms with Crippen LogP contribution < -0.4 is 11.1 Å². The quantitative estimate of drug-likeness (QED) is 0.455. The number of carbonyl (C=O) groups excluding carboxylic acids is 1. The standard InChI is InChI=1S/C17H26N2O2/c1-2-21-17(20)15-12-14(18)9-10-16(15)19-11-5-8-13-6-3-4-7-13/h9-10,12-13,19H,2-8,11,18H2,1H3. The molecule has 0 aliphatic heterocycles. The van der Waals surface area contributed by atoms with Crippen molar-refractivity contribution < 1.29 is 9.53 Å². The molecule has 0 atom stereocenters. The number of hydrogen-bond donors (Lipinski definition) is 2. The monoisotopic (exact) mass is 290 g/mol. The first kappa shape index (κ1) is 15.7. The summed E-state index contributed by atoms with van der Waals surface area (Å²) in [6.45, 7) is 3.06. The lowest BCUT2D eigenvalue weighted by molar-refractivity contribution is 0.0527. The van der Waals surface area contributed by atoms with Crippen LogP contribution in [0.25, 0.3) is 0 Å². The fourth-order valence-electron chi connectivity index (χ4n) is 3.01. The minimum Gasteiger partial charge on any atom is -0.462 e. The van der Waals surface area contributed by atoms with Crippen LogP contribution in [0, 0.1) is 5.92 Å². The van der Waals surface area contributed by atoms with Crippen LogP contribution in [0.15, 0.2) is 18.2 Å². The Morgan fingerprint density at radius 2 is 2.14 bits per heavy atom. The molecule has 1 saturated carbocycles. The Kier molecular flexibility index (Phi) is 5.90. The van der Waals surface area contributed by atoms with Gasteiger partial charge in [-0.1, -0.05) is 25.7 Å². The van der Waals surface area contributed by atoms with Crippen LogP contribution in [0.1, 0.15) is 55.8 Å². The normalized spacial score (nSPS) is 15.1. The predicted molar refractivity (Wildman–Crippen MR) is 86.5 cm³/mol. The topological polar surface area (TPSA) is 64.3 Å². The Labute approximate surface area is 127 Å². The number of benzene rings is 1. The average molecular weight is 290 g/mol. The number of esters is 1. The molecule has 4 nitrogen and oxygen atoms in total. The minimum atomic E-state index is -0.317. The van der Waals surface area contributed by atoms with Crippen LogP contribution in [-0.2, 0) is 4.74 Å². The summed E-state index contributed by atoms with van der Waals surface area (Å²) in [6.07, 6.45) is 7.96. The third-order valence-corrected chi connectivity index (χ3v) is 4.12. The van der Waals surface area contributed by atoms with Crippen molar-refractivity contribution in [2.24, 2.45) is 5.92 Å². The zero-order valence-corrected chi connectivity index (χ0v) is 12.9. The van der Waals surface area contributed by atoms with Gasteiger partial charge in [0, 0.05) is 17.9 Å². The van der Waals surface area contributed by atoms with Gasteiger partial charge in [-0.05, 0) is 43.9 Å². The minimum absolute atomic E-state index is 0.317. The number of rotatable bonds is 7. The van der Waals surface area contributed by atoms with E-state index < -0.39 is 0 Å². The van der Waals surface area contributed by atoms with Crippen molar-refractivity contribution >= 4 is 17.3 Å². The highest BCUT2D eigenvalue weighted by Crippen LogP contribution is 2.28. The number of nitrogens with one attached hydrogen (secondary N) is 1. The lowest BCUT2D eigenvalue weighted by Crippen LogP contribution is -2.11. The molecule has 1 aromatic carbocycles. The Bertz CT molecular complexity index is 468. The Morgan fingerprint density at radius 3 is 2.86 bits per heavy atom. The van der Waals surface area contributed by atoms with Crippen LogP contribution in [0.5, 0.6) is 0 Å². The van der Waals surface area contributed by atoms with E-state index in [-0.39, 0.29) is 5.97 Å². The van der Waals surface area contributed by atoms with Crippen molar-refractivity contribution in [1.29, 1.82) is 0 Å². The molecule has 2 rings (SSSR count). The van der Waals surface area contributed by atoms with Crippen molar-refractivity contribution in [3.63, 3.8) is 0 Å². The van der Waals surface area contributed by atoms with Gasteiger partial charge in [-0.2, -0.15) is 0 Å². The van der Waals surface area contributed by atoms with Gasteiger partial charge in [0.2, 0.25) is 0 Å². The summed E-state index contributed by atoms with van der Waals surface area (Å²) in [6, 6.07) is 5.34. The molecule has 4 heteroatoms. The van der Waals surface area contributed by atoms with E-state index in [1.54, 1.807) is 13.0 Å². The number of ether oxygens (including phenoxy) is 1. The molecular formula is C17H26N2O2. The molecule has 1 fully saturated rings. The third kappa shape index (κ3) is 4.66. The second-order valence-electron chi connectivity index (χ2n) is 5.74. The van der Waals surface area contributed by atoms with Crippen LogP contribution in [-0.4, -0.2) is 19.1 Å². The molecule has 0 unspecified atom stereocenters.